The first-order chi connectivity index (χ1) is 9.55. The van der Waals surface area contributed by atoms with Gasteiger partial charge in [-0.05, 0) is 48.3 Å². The molecule has 0 aromatic heterocycles. The molecule has 0 heterocycles. The highest BCUT2D eigenvalue weighted by Gasteiger charge is 2.37. The standard InChI is InChI=1S/C20H38/c1-5-20(4,19-13-11-16(2)12-14-19)15-17(3)18-9-7-6-8-10-18/h16-19H,5-15H2,1-4H3. The zero-order valence-electron chi connectivity index (χ0n) is 14.6. The van der Waals surface area contributed by atoms with Crippen LogP contribution >= 0.6 is 0 Å². The van der Waals surface area contributed by atoms with Gasteiger partial charge in [0.25, 0.3) is 0 Å². The summed E-state index contributed by atoms with van der Waals surface area (Å²) in [5.41, 5.74) is 0.622. The maximum atomic E-state index is 2.62. The Balaban J connectivity index is 1.91. The molecule has 0 amide bonds. The van der Waals surface area contributed by atoms with Crippen LogP contribution in [0.2, 0.25) is 0 Å². The van der Waals surface area contributed by atoms with Crippen LogP contribution in [0.25, 0.3) is 0 Å². The normalized spacial score (nSPS) is 33.6. The average Bonchev–Trinajstić information content (AvgIpc) is 2.48. The van der Waals surface area contributed by atoms with Crippen molar-refractivity contribution in [2.45, 2.75) is 98.3 Å². The highest BCUT2D eigenvalue weighted by atomic mass is 14.4. The third kappa shape index (κ3) is 4.01. The van der Waals surface area contributed by atoms with Crippen LogP contribution in [0.15, 0.2) is 0 Å². The van der Waals surface area contributed by atoms with Crippen LogP contribution in [-0.4, -0.2) is 0 Å². The van der Waals surface area contributed by atoms with Crippen LogP contribution in [0.5, 0.6) is 0 Å². The maximum absolute atomic E-state index is 2.62. The molecular formula is C20H38. The summed E-state index contributed by atoms with van der Waals surface area (Å²) in [6.45, 7) is 10.1. The van der Waals surface area contributed by atoms with Crippen molar-refractivity contribution < 1.29 is 0 Å². The van der Waals surface area contributed by atoms with Crippen LogP contribution in [0.3, 0.4) is 0 Å². The highest BCUT2D eigenvalue weighted by Crippen LogP contribution is 2.48. The second-order valence-corrected chi connectivity index (χ2v) is 8.54. The third-order valence-electron chi connectivity index (χ3n) is 7.05. The molecule has 0 aromatic carbocycles. The van der Waals surface area contributed by atoms with Gasteiger partial charge in [0.2, 0.25) is 0 Å². The molecule has 2 fully saturated rings. The van der Waals surface area contributed by atoms with Crippen molar-refractivity contribution in [1.29, 1.82) is 0 Å². The van der Waals surface area contributed by atoms with Gasteiger partial charge in [0.15, 0.2) is 0 Å². The minimum absolute atomic E-state index is 0.622. The Morgan fingerprint density at radius 3 is 2.10 bits per heavy atom. The summed E-state index contributed by atoms with van der Waals surface area (Å²) in [6, 6.07) is 0. The predicted octanol–water partition coefficient (Wildman–Crippen LogP) is 6.84. The zero-order valence-corrected chi connectivity index (χ0v) is 14.6. The molecule has 118 valence electrons. The van der Waals surface area contributed by atoms with E-state index in [9.17, 15) is 0 Å². The van der Waals surface area contributed by atoms with Crippen molar-refractivity contribution >= 4 is 0 Å². The Labute approximate surface area is 128 Å². The van der Waals surface area contributed by atoms with Gasteiger partial charge in [-0.3, -0.25) is 0 Å². The van der Waals surface area contributed by atoms with Gasteiger partial charge in [0.1, 0.15) is 0 Å². The molecule has 0 aromatic rings. The van der Waals surface area contributed by atoms with Crippen LogP contribution in [0.1, 0.15) is 98.3 Å². The molecule has 2 aliphatic rings. The van der Waals surface area contributed by atoms with Gasteiger partial charge in [0.05, 0.1) is 0 Å². The molecule has 0 bridgehead atoms. The van der Waals surface area contributed by atoms with Crippen molar-refractivity contribution in [3.05, 3.63) is 0 Å². The first kappa shape index (κ1) is 16.4. The topological polar surface area (TPSA) is 0 Å². The molecule has 0 heteroatoms. The molecule has 2 aliphatic carbocycles. The van der Waals surface area contributed by atoms with E-state index in [0.29, 0.717) is 5.41 Å². The lowest BCUT2D eigenvalue weighted by molar-refractivity contribution is 0.0686. The van der Waals surface area contributed by atoms with E-state index in [4.69, 9.17) is 0 Å². The monoisotopic (exact) mass is 278 g/mol. The third-order valence-corrected chi connectivity index (χ3v) is 7.05. The van der Waals surface area contributed by atoms with E-state index < -0.39 is 0 Å². The molecule has 2 rings (SSSR count). The maximum Gasteiger partial charge on any atom is -0.0298 e. The molecule has 20 heavy (non-hydrogen) atoms. The molecule has 2 saturated carbocycles. The lowest BCUT2D eigenvalue weighted by Crippen LogP contribution is -2.33. The summed E-state index contributed by atoms with van der Waals surface area (Å²) in [6.07, 6.45) is 16.4. The van der Waals surface area contributed by atoms with Gasteiger partial charge in [-0.2, -0.15) is 0 Å². The van der Waals surface area contributed by atoms with Crippen molar-refractivity contribution in [2.24, 2.45) is 29.1 Å². The molecule has 0 radical (unpaired) electrons. The lowest BCUT2D eigenvalue weighted by atomic mass is 9.62. The predicted molar refractivity (Wildman–Crippen MR) is 89.9 cm³/mol. The summed E-state index contributed by atoms with van der Waals surface area (Å²) in [5, 5.41) is 0. The van der Waals surface area contributed by atoms with E-state index in [2.05, 4.69) is 27.7 Å². The fraction of sp³-hybridized carbons (Fsp3) is 1.00. The second kappa shape index (κ2) is 7.32. The number of hydrogen-bond donors (Lipinski definition) is 0. The molecule has 2 atom stereocenters. The fourth-order valence-corrected chi connectivity index (χ4v) is 5.16. The minimum Gasteiger partial charge on any atom is -0.0649 e. The average molecular weight is 279 g/mol. The Morgan fingerprint density at radius 1 is 0.950 bits per heavy atom. The summed E-state index contributed by atoms with van der Waals surface area (Å²) < 4.78 is 0. The highest BCUT2D eigenvalue weighted by molar-refractivity contribution is 4.87. The second-order valence-electron chi connectivity index (χ2n) is 8.54. The SMILES string of the molecule is CCC(C)(CC(C)C1CCCCC1)C1CCC(C)CC1. The van der Waals surface area contributed by atoms with Gasteiger partial charge in [-0.25, -0.2) is 0 Å². The Morgan fingerprint density at radius 2 is 1.55 bits per heavy atom. The summed E-state index contributed by atoms with van der Waals surface area (Å²) in [5.74, 6) is 4.00. The van der Waals surface area contributed by atoms with E-state index in [0.717, 1.165) is 23.7 Å². The summed E-state index contributed by atoms with van der Waals surface area (Å²) >= 11 is 0. The van der Waals surface area contributed by atoms with E-state index >= 15 is 0 Å². The minimum atomic E-state index is 0.622. The number of hydrogen-bond acceptors (Lipinski definition) is 0. The number of rotatable bonds is 5. The lowest BCUT2D eigenvalue weighted by Gasteiger charge is -2.44. The molecular weight excluding hydrogens is 240 g/mol. The van der Waals surface area contributed by atoms with Crippen LogP contribution in [-0.2, 0) is 0 Å². The van der Waals surface area contributed by atoms with Crippen LogP contribution in [0.4, 0.5) is 0 Å². The largest absolute Gasteiger partial charge is 0.0649 e. The smallest absolute Gasteiger partial charge is 0.0298 e. The van der Waals surface area contributed by atoms with Gasteiger partial charge in [0, 0.05) is 0 Å². The molecule has 0 N–H and O–H groups in total. The van der Waals surface area contributed by atoms with Gasteiger partial charge >= 0.3 is 0 Å². The van der Waals surface area contributed by atoms with Crippen molar-refractivity contribution in [3.63, 3.8) is 0 Å². The molecule has 0 spiro atoms. The van der Waals surface area contributed by atoms with Crippen molar-refractivity contribution in [1.82, 2.24) is 0 Å². The Hall–Kier alpha value is 0. The van der Waals surface area contributed by atoms with Gasteiger partial charge < -0.3 is 0 Å². The first-order valence-electron chi connectivity index (χ1n) is 9.55. The molecule has 0 aliphatic heterocycles. The summed E-state index contributed by atoms with van der Waals surface area (Å²) in [7, 11) is 0. The van der Waals surface area contributed by atoms with E-state index in [1.165, 1.54) is 70.6 Å². The van der Waals surface area contributed by atoms with Gasteiger partial charge in [-0.1, -0.05) is 79.1 Å². The first-order valence-corrected chi connectivity index (χ1v) is 9.55. The fourth-order valence-electron chi connectivity index (χ4n) is 5.16. The van der Waals surface area contributed by atoms with E-state index in [1.54, 1.807) is 0 Å². The zero-order chi connectivity index (χ0) is 14.6. The molecule has 2 unspecified atom stereocenters. The van der Waals surface area contributed by atoms with Crippen LogP contribution in [0, 0.1) is 29.1 Å². The Bertz CT molecular complexity index is 268. The van der Waals surface area contributed by atoms with Crippen molar-refractivity contribution in [3.8, 4) is 0 Å². The van der Waals surface area contributed by atoms with E-state index in [-0.39, 0.29) is 0 Å². The molecule has 0 nitrogen and oxygen atoms in total. The summed E-state index contributed by atoms with van der Waals surface area (Å²) in [4.78, 5) is 0. The van der Waals surface area contributed by atoms with Crippen LogP contribution < -0.4 is 0 Å². The van der Waals surface area contributed by atoms with Crippen molar-refractivity contribution in [2.75, 3.05) is 0 Å². The quantitative estimate of drug-likeness (QED) is 0.516. The molecule has 0 saturated heterocycles. The van der Waals surface area contributed by atoms with Gasteiger partial charge in [-0.15, -0.1) is 0 Å². The Kier molecular flexibility index (Phi) is 5.99. The van der Waals surface area contributed by atoms with E-state index in [1.807, 2.05) is 0 Å².